The molecule has 0 aliphatic rings. The summed E-state index contributed by atoms with van der Waals surface area (Å²) in [6, 6.07) is 7.68. The smallest absolute Gasteiger partial charge is 0.323 e. The molecule has 0 atom stereocenters. The van der Waals surface area contributed by atoms with Crippen molar-refractivity contribution in [2.24, 2.45) is 0 Å². The number of anilines is 3. The molecule has 0 spiro atoms. The lowest BCUT2D eigenvalue weighted by atomic mass is 10.3. The molecule has 0 radical (unpaired) electrons. The second-order valence-electron chi connectivity index (χ2n) is 3.82. The molecule has 3 N–H and O–H groups in total. The Morgan fingerprint density at radius 2 is 1.90 bits per heavy atom. The molecule has 1 aromatic heterocycles. The van der Waals surface area contributed by atoms with E-state index in [-0.39, 0.29) is 12.0 Å². The quantitative estimate of drug-likeness (QED) is 0.832. The first-order chi connectivity index (χ1) is 9.71. The van der Waals surface area contributed by atoms with E-state index in [0.717, 1.165) is 11.4 Å². The highest BCUT2D eigenvalue weighted by Gasteiger charge is 2.06. The predicted octanol–water partition coefficient (Wildman–Crippen LogP) is 1.99. The zero-order chi connectivity index (χ0) is 14.4. The molecule has 0 unspecified atom stereocenters. The van der Waals surface area contributed by atoms with Crippen molar-refractivity contribution in [3.8, 4) is 11.8 Å². The zero-order valence-corrected chi connectivity index (χ0v) is 11.5. The summed E-state index contributed by atoms with van der Waals surface area (Å²) in [4.78, 5) is 12.0. The summed E-state index contributed by atoms with van der Waals surface area (Å²) < 4.78 is 10.6. The van der Waals surface area contributed by atoms with Crippen LogP contribution in [0.15, 0.2) is 24.3 Å². The van der Waals surface area contributed by atoms with Crippen molar-refractivity contribution in [1.82, 2.24) is 15.0 Å². The third-order valence-electron chi connectivity index (χ3n) is 2.31. The molecule has 0 saturated carbocycles. The molecular formula is C13H17N5O2. The Labute approximate surface area is 117 Å². The van der Waals surface area contributed by atoms with Gasteiger partial charge in [-0.1, -0.05) is 6.07 Å². The van der Waals surface area contributed by atoms with Crippen LogP contribution in [-0.2, 0) is 0 Å². The molecule has 7 nitrogen and oxygen atoms in total. The highest BCUT2D eigenvalue weighted by atomic mass is 16.5. The van der Waals surface area contributed by atoms with Gasteiger partial charge in [-0.05, 0) is 26.0 Å². The Balaban J connectivity index is 2.18. The van der Waals surface area contributed by atoms with E-state index < -0.39 is 0 Å². The predicted molar refractivity (Wildman–Crippen MR) is 76.3 cm³/mol. The first-order valence-electron chi connectivity index (χ1n) is 6.35. The van der Waals surface area contributed by atoms with Crippen LogP contribution in [0.3, 0.4) is 0 Å². The standard InChI is InChI=1S/C13H17N5O2/c1-3-19-10-7-5-6-9(8-10)15-12-16-11(14)17-13(18-12)20-4-2/h5-8H,3-4H2,1-2H3,(H3,14,15,16,17,18). The summed E-state index contributed by atoms with van der Waals surface area (Å²) in [6.45, 7) is 4.85. The fourth-order valence-electron chi connectivity index (χ4n) is 1.58. The Kier molecular flexibility index (Phi) is 4.54. The largest absolute Gasteiger partial charge is 0.494 e. The van der Waals surface area contributed by atoms with E-state index in [4.69, 9.17) is 15.2 Å². The number of hydrogen-bond donors (Lipinski definition) is 2. The SMILES string of the molecule is CCOc1cccc(Nc2nc(N)nc(OCC)n2)c1. The van der Waals surface area contributed by atoms with Crippen molar-refractivity contribution in [2.45, 2.75) is 13.8 Å². The first-order valence-corrected chi connectivity index (χ1v) is 6.35. The summed E-state index contributed by atoms with van der Waals surface area (Å²) in [7, 11) is 0. The van der Waals surface area contributed by atoms with Crippen molar-refractivity contribution < 1.29 is 9.47 Å². The summed E-state index contributed by atoms with van der Waals surface area (Å²) >= 11 is 0. The van der Waals surface area contributed by atoms with Gasteiger partial charge in [-0.2, -0.15) is 15.0 Å². The van der Waals surface area contributed by atoms with Crippen LogP contribution in [0.2, 0.25) is 0 Å². The van der Waals surface area contributed by atoms with Gasteiger partial charge in [0.1, 0.15) is 5.75 Å². The number of nitrogens with one attached hydrogen (secondary N) is 1. The topological polar surface area (TPSA) is 95.2 Å². The average molecular weight is 275 g/mol. The molecule has 0 bridgehead atoms. The van der Waals surface area contributed by atoms with Crippen molar-refractivity contribution in [3.63, 3.8) is 0 Å². The van der Waals surface area contributed by atoms with Crippen molar-refractivity contribution >= 4 is 17.6 Å². The molecule has 0 aliphatic carbocycles. The number of rotatable bonds is 6. The van der Waals surface area contributed by atoms with Gasteiger partial charge in [-0.25, -0.2) is 0 Å². The Morgan fingerprint density at radius 1 is 1.10 bits per heavy atom. The minimum absolute atomic E-state index is 0.104. The summed E-state index contributed by atoms with van der Waals surface area (Å²) in [5, 5.41) is 3.04. The molecular weight excluding hydrogens is 258 g/mol. The Hall–Kier alpha value is -2.57. The van der Waals surface area contributed by atoms with Gasteiger partial charge in [-0.3, -0.25) is 0 Å². The zero-order valence-electron chi connectivity index (χ0n) is 11.5. The van der Waals surface area contributed by atoms with Gasteiger partial charge in [0.15, 0.2) is 0 Å². The molecule has 1 aromatic carbocycles. The molecule has 7 heteroatoms. The van der Waals surface area contributed by atoms with E-state index in [9.17, 15) is 0 Å². The van der Waals surface area contributed by atoms with E-state index in [1.165, 1.54) is 0 Å². The van der Waals surface area contributed by atoms with E-state index in [1.807, 2.05) is 38.1 Å². The van der Waals surface area contributed by atoms with Gasteiger partial charge in [-0.15, -0.1) is 0 Å². The molecule has 1 heterocycles. The second-order valence-corrected chi connectivity index (χ2v) is 3.82. The van der Waals surface area contributed by atoms with Crippen molar-refractivity contribution in [3.05, 3.63) is 24.3 Å². The number of ether oxygens (including phenoxy) is 2. The van der Waals surface area contributed by atoms with Gasteiger partial charge in [0.2, 0.25) is 11.9 Å². The number of nitrogen functional groups attached to an aromatic ring is 1. The number of nitrogens with zero attached hydrogens (tertiary/aromatic N) is 3. The molecule has 0 amide bonds. The normalized spacial score (nSPS) is 10.1. The monoisotopic (exact) mass is 275 g/mol. The van der Waals surface area contributed by atoms with Crippen LogP contribution in [0.1, 0.15) is 13.8 Å². The van der Waals surface area contributed by atoms with Gasteiger partial charge in [0, 0.05) is 11.8 Å². The maximum atomic E-state index is 5.61. The van der Waals surface area contributed by atoms with Crippen molar-refractivity contribution in [2.75, 3.05) is 24.3 Å². The molecule has 20 heavy (non-hydrogen) atoms. The third kappa shape index (κ3) is 3.71. The van der Waals surface area contributed by atoms with Crippen LogP contribution in [0.25, 0.3) is 0 Å². The molecule has 0 aliphatic heterocycles. The fourth-order valence-corrected chi connectivity index (χ4v) is 1.58. The van der Waals surface area contributed by atoms with Crippen LogP contribution in [0, 0.1) is 0 Å². The van der Waals surface area contributed by atoms with Crippen molar-refractivity contribution in [1.29, 1.82) is 0 Å². The van der Waals surface area contributed by atoms with Gasteiger partial charge < -0.3 is 20.5 Å². The molecule has 2 rings (SSSR count). The van der Waals surface area contributed by atoms with Gasteiger partial charge in [0.05, 0.1) is 13.2 Å². The van der Waals surface area contributed by atoms with Crippen LogP contribution in [0.5, 0.6) is 11.8 Å². The lowest BCUT2D eigenvalue weighted by Gasteiger charge is -2.09. The minimum Gasteiger partial charge on any atom is -0.494 e. The third-order valence-corrected chi connectivity index (χ3v) is 2.31. The highest BCUT2D eigenvalue weighted by molar-refractivity contribution is 5.56. The number of aromatic nitrogens is 3. The first kappa shape index (κ1) is 13.9. The average Bonchev–Trinajstić information content (AvgIpc) is 2.39. The second kappa shape index (κ2) is 6.55. The maximum absolute atomic E-state index is 5.61. The Morgan fingerprint density at radius 3 is 2.65 bits per heavy atom. The number of hydrogen-bond acceptors (Lipinski definition) is 7. The minimum atomic E-state index is 0.104. The van der Waals surface area contributed by atoms with Crippen LogP contribution < -0.4 is 20.5 Å². The maximum Gasteiger partial charge on any atom is 0.323 e. The van der Waals surface area contributed by atoms with E-state index in [2.05, 4.69) is 20.3 Å². The van der Waals surface area contributed by atoms with E-state index >= 15 is 0 Å². The van der Waals surface area contributed by atoms with E-state index in [0.29, 0.717) is 19.2 Å². The Bertz CT molecular complexity index is 576. The summed E-state index contributed by atoms with van der Waals surface area (Å²) in [5.41, 5.74) is 6.41. The fraction of sp³-hybridized carbons (Fsp3) is 0.308. The number of benzene rings is 1. The summed E-state index contributed by atoms with van der Waals surface area (Å²) in [6.07, 6.45) is 0. The van der Waals surface area contributed by atoms with Crippen LogP contribution >= 0.6 is 0 Å². The molecule has 0 saturated heterocycles. The van der Waals surface area contributed by atoms with Gasteiger partial charge in [0.25, 0.3) is 0 Å². The highest BCUT2D eigenvalue weighted by Crippen LogP contribution is 2.20. The van der Waals surface area contributed by atoms with Gasteiger partial charge >= 0.3 is 6.01 Å². The van der Waals surface area contributed by atoms with E-state index in [1.54, 1.807) is 0 Å². The summed E-state index contributed by atoms with van der Waals surface area (Å²) in [5.74, 6) is 1.20. The molecule has 106 valence electrons. The van der Waals surface area contributed by atoms with Crippen LogP contribution in [-0.4, -0.2) is 28.2 Å². The number of nitrogens with two attached hydrogens (primary N) is 1. The lowest BCUT2D eigenvalue weighted by molar-refractivity contribution is 0.312. The lowest BCUT2D eigenvalue weighted by Crippen LogP contribution is -2.06. The molecule has 0 fully saturated rings. The molecule has 2 aromatic rings. The van der Waals surface area contributed by atoms with Crippen LogP contribution in [0.4, 0.5) is 17.6 Å².